The molecule has 7 nitrogen and oxygen atoms in total. The Kier molecular flexibility index (Phi) is 4.86. The molecule has 34 heavy (non-hydrogen) atoms. The van der Waals surface area contributed by atoms with E-state index in [9.17, 15) is 5.11 Å². The van der Waals surface area contributed by atoms with Gasteiger partial charge in [-0.3, -0.25) is 9.80 Å². The third-order valence-corrected chi connectivity index (χ3v) is 9.03. The molecule has 1 N–H and O–H groups in total. The van der Waals surface area contributed by atoms with Crippen LogP contribution in [0, 0.1) is 0 Å². The molecule has 0 amide bonds. The molecule has 2 fully saturated rings. The van der Waals surface area contributed by atoms with E-state index in [1.54, 1.807) is 28.4 Å². The number of rotatable bonds is 5. The van der Waals surface area contributed by atoms with E-state index in [1.165, 1.54) is 16.7 Å². The van der Waals surface area contributed by atoms with E-state index in [1.807, 2.05) is 0 Å². The Balaban J connectivity index is 1.52. The van der Waals surface area contributed by atoms with Gasteiger partial charge in [0.2, 0.25) is 0 Å². The van der Waals surface area contributed by atoms with Gasteiger partial charge in [-0.1, -0.05) is 0 Å². The monoisotopic (exact) mass is 466 g/mol. The first-order valence-corrected chi connectivity index (χ1v) is 12.1. The largest absolute Gasteiger partial charge is 0.493 e. The first-order valence-electron chi connectivity index (χ1n) is 12.1. The molecule has 182 valence electrons. The van der Waals surface area contributed by atoms with E-state index in [0.717, 1.165) is 35.7 Å². The maximum atomic E-state index is 10.7. The third-order valence-electron chi connectivity index (χ3n) is 9.03. The minimum absolute atomic E-state index is 0.00282. The van der Waals surface area contributed by atoms with Crippen molar-refractivity contribution in [2.45, 2.75) is 62.4 Å². The van der Waals surface area contributed by atoms with Crippen LogP contribution in [0.5, 0.6) is 23.0 Å². The highest BCUT2D eigenvalue weighted by Gasteiger charge is 2.66. The Morgan fingerprint density at radius 2 is 1.47 bits per heavy atom. The predicted molar refractivity (Wildman–Crippen MR) is 128 cm³/mol. The lowest BCUT2D eigenvalue weighted by Crippen LogP contribution is -2.74. The van der Waals surface area contributed by atoms with Crippen LogP contribution >= 0.6 is 0 Å². The topological polar surface area (TPSA) is 63.6 Å². The molecule has 4 aliphatic rings. The predicted octanol–water partition coefficient (Wildman–Crippen LogP) is 3.43. The number of aliphatic hydroxyl groups excluding tert-OH is 1. The Hall–Kier alpha value is -2.48. The highest BCUT2D eigenvalue weighted by Crippen LogP contribution is 2.65. The molecule has 2 aromatic carbocycles. The number of hydrogen-bond acceptors (Lipinski definition) is 7. The highest BCUT2D eigenvalue weighted by molar-refractivity contribution is 5.57. The number of methoxy groups -OCH3 is 4. The van der Waals surface area contributed by atoms with Gasteiger partial charge in [-0.25, -0.2) is 0 Å². The van der Waals surface area contributed by atoms with Gasteiger partial charge in [-0.05, 0) is 73.2 Å². The molecular weight excluding hydrogens is 432 g/mol. The number of ether oxygens (including phenoxy) is 4. The lowest BCUT2D eigenvalue weighted by molar-refractivity contribution is -0.190. The van der Waals surface area contributed by atoms with E-state index in [4.69, 9.17) is 18.9 Å². The SMILES string of the molecule is COc1cc2c(cc1OC)C(CO)N1C(C)C3CC4(C)c5cc(OC)c(OC)cc5C(C1C2)N34. The van der Waals surface area contributed by atoms with Gasteiger partial charge >= 0.3 is 0 Å². The zero-order valence-corrected chi connectivity index (χ0v) is 20.8. The third kappa shape index (κ3) is 2.58. The summed E-state index contributed by atoms with van der Waals surface area (Å²) in [4.78, 5) is 5.30. The van der Waals surface area contributed by atoms with Crippen molar-refractivity contribution < 1.29 is 24.1 Å². The molecule has 4 heterocycles. The fraction of sp³-hybridized carbons (Fsp3) is 0.556. The highest BCUT2D eigenvalue weighted by atomic mass is 16.5. The van der Waals surface area contributed by atoms with Crippen molar-refractivity contribution in [3.8, 4) is 23.0 Å². The zero-order valence-electron chi connectivity index (χ0n) is 20.8. The van der Waals surface area contributed by atoms with Gasteiger partial charge < -0.3 is 24.1 Å². The average molecular weight is 467 g/mol. The number of nitrogens with zero attached hydrogens (tertiary/aromatic N) is 2. The van der Waals surface area contributed by atoms with Gasteiger partial charge in [-0.15, -0.1) is 0 Å². The second-order valence-electron chi connectivity index (χ2n) is 10.3. The van der Waals surface area contributed by atoms with Gasteiger partial charge in [0.15, 0.2) is 23.0 Å². The fourth-order valence-electron chi connectivity index (χ4n) is 7.58. The molecule has 6 rings (SSSR count). The van der Waals surface area contributed by atoms with Crippen LogP contribution in [-0.2, 0) is 12.0 Å². The summed E-state index contributed by atoms with van der Waals surface area (Å²) in [7, 11) is 6.74. The molecule has 0 aliphatic carbocycles. The van der Waals surface area contributed by atoms with Gasteiger partial charge in [0.25, 0.3) is 0 Å². The standard InChI is InChI=1S/C27H34N2O5/c1-14-20-12-27(2)18-11-25(34-6)24(33-5)10-17(18)26(29(20)27)19-7-15-8-22(31-3)23(32-4)9-16(15)21(13-30)28(14)19/h8-11,14,19-21,26,30H,7,12-13H2,1-6H3. The van der Waals surface area contributed by atoms with Crippen LogP contribution < -0.4 is 18.9 Å². The zero-order chi connectivity index (χ0) is 23.9. The van der Waals surface area contributed by atoms with Crippen LogP contribution in [-0.4, -0.2) is 68.1 Å². The second kappa shape index (κ2) is 7.51. The first-order chi connectivity index (χ1) is 16.4. The molecule has 0 aromatic heterocycles. The van der Waals surface area contributed by atoms with Crippen molar-refractivity contribution in [2.24, 2.45) is 0 Å². The van der Waals surface area contributed by atoms with Crippen LogP contribution in [0.25, 0.3) is 0 Å². The molecule has 6 unspecified atom stereocenters. The first kappa shape index (κ1) is 22.0. The summed E-state index contributed by atoms with van der Waals surface area (Å²) >= 11 is 0. The molecule has 4 aliphatic heterocycles. The van der Waals surface area contributed by atoms with E-state index >= 15 is 0 Å². The van der Waals surface area contributed by atoms with Gasteiger partial charge in [0, 0.05) is 23.7 Å². The van der Waals surface area contributed by atoms with Crippen LogP contribution in [0.15, 0.2) is 24.3 Å². The summed E-state index contributed by atoms with van der Waals surface area (Å²) in [6.45, 7) is 4.76. The number of benzene rings is 2. The molecule has 2 saturated heterocycles. The van der Waals surface area contributed by atoms with Crippen LogP contribution in [0.1, 0.15) is 54.6 Å². The summed E-state index contributed by atoms with van der Waals surface area (Å²) < 4.78 is 22.6. The molecule has 7 heteroatoms. The van der Waals surface area contributed by atoms with Gasteiger partial charge in [0.05, 0.1) is 47.1 Å². The smallest absolute Gasteiger partial charge is 0.161 e. The fourth-order valence-corrected chi connectivity index (χ4v) is 7.58. The maximum absolute atomic E-state index is 10.7. The number of piperazine rings is 1. The maximum Gasteiger partial charge on any atom is 0.161 e. The van der Waals surface area contributed by atoms with E-state index in [0.29, 0.717) is 17.8 Å². The second-order valence-corrected chi connectivity index (χ2v) is 10.3. The summed E-state index contributed by atoms with van der Waals surface area (Å²) in [5.41, 5.74) is 5.03. The Morgan fingerprint density at radius 1 is 0.882 bits per heavy atom. The van der Waals surface area contributed by atoms with Crippen molar-refractivity contribution in [3.05, 3.63) is 46.5 Å². The van der Waals surface area contributed by atoms with Crippen molar-refractivity contribution in [1.29, 1.82) is 0 Å². The lowest BCUT2D eigenvalue weighted by Gasteiger charge is -2.66. The van der Waals surface area contributed by atoms with E-state index in [-0.39, 0.29) is 30.3 Å². The number of hydrogen-bond donors (Lipinski definition) is 1. The number of aliphatic hydroxyl groups is 1. The molecule has 0 radical (unpaired) electrons. The van der Waals surface area contributed by atoms with Gasteiger partial charge in [-0.2, -0.15) is 0 Å². The van der Waals surface area contributed by atoms with Crippen LogP contribution in [0.3, 0.4) is 0 Å². The molecular formula is C27H34N2O5. The van der Waals surface area contributed by atoms with Crippen LogP contribution in [0.2, 0.25) is 0 Å². The molecule has 0 spiro atoms. The molecule has 6 atom stereocenters. The van der Waals surface area contributed by atoms with Crippen molar-refractivity contribution in [1.82, 2.24) is 9.80 Å². The Labute approximate surface area is 201 Å². The van der Waals surface area contributed by atoms with E-state index < -0.39 is 0 Å². The minimum Gasteiger partial charge on any atom is -0.493 e. The Morgan fingerprint density at radius 3 is 2.09 bits per heavy atom. The summed E-state index contributed by atoms with van der Waals surface area (Å²) in [5, 5.41) is 10.7. The van der Waals surface area contributed by atoms with Crippen molar-refractivity contribution in [2.75, 3.05) is 35.0 Å². The lowest BCUT2D eigenvalue weighted by atomic mass is 9.71. The van der Waals surface area contributed by atoms with Gasteiger partial charge in [0.1, 0.15) is 0 Å². The summed E-state index contributed by atoms with van der Waals surface area (Å²) in [6, 6.07) is 9.67. The van der Waals surface area contributed by atoms with Crippen LogP contribution in [0.4, 0.5) is 0 Å². The molecule has 2 aromatic rings. The number of fused-ring (bicyclic) bond motifs is 6. The molecule has 0 bridgehead atoms. The minimum atomic E-state index is -0.0817. The van der Waals surface area contributed by atoms with Crippen molar-refractivity contribution in [3.63, 3.8) is 0 Å². The normalized spacial score (nSPS) is 33.2. The average Bonchev–Trinajstić information content (AvgIpc) is 3.05. The van der Waals surface area contributed by atoms with Crippen molar-refractivity contribution >= 4 is 0 Å². The summed E-state index contributed by atoms with van der Waals surface area (Å²) in [5.74, 6) is 3.01. The summed E-state index contributed by atoms with van der Waals surface area (Å²) in [6.07, 6.45) is 1.97. The quantitative estimate of drug-likeness (QED) is 0.724. The Bertz CT molecular complexity index is 1150. The van der Waals surface area contributed by atoms with E-state index in [2.05, 4.69) is 47.9 Å². The molecule has 0 saturated carbocycles.